The largest absolute Gasteiger partial charge is 0.482 e. The van der Waals surface area contributed by atoms with Gasteiger partial charge in [-0.05, 0) is 24.3 Å². The number of cyclic esters (lactones) is 1. The summed E-state index contributed by atoms with van der Waals surface area (Å²) in [5.74, 6) is 0.1000. The fourth-order valence-electron chi connectivity index (χ4n) is 3.79. The molecule has 4 rings (SSSR count). The Morgan fingerprint density at radius 1 is 1.00 bits per heavy atom. The zero-order valence-corrected chi connectivity index (χ0v) is 17.3. The lowest BCUT2D eigenvalue weighted by Crippen LogP contribution is -2.52. The fourth-order valence-corrected chi connectivity index (χ4v) is 3.79. The van der Waals surface area contributed by atoms with E-state index in [4.69, 9.17) is 14.2 Å². The van der Waals surface area contributed by atoms with Crippen LogP contribution in [0, 0.1) is 0 Å². The first-order valence-electron chi connectivity index (χ1n) is 10.5. The lowest BCUT2D eigenvalue weighted by Gasteiger charge is -2.37. The van der Waals surface area contributed by atoms with Crippen LogP contribution in [-0.2, 0) is 14.3 Å². The number of hydrogen-bond donors (Lipinski definition) is 1. The lowest BCUT2D eigenvalue weighted by atomic mass is 10.1. The van der Waals surface area contributed by atoms with E-state index in [1.165, 1.54) is 5.69 Å². The number of carbonyl (C=O) groups is 2. The Hall–Kier alpha value is -3.26. The van der Waals surface area contributed by atoms with E-state index in [1.54, 1.807) is 12.1 Å². The van der Waals surface area contributed by atoms with Crippen LogP contribution >= 0.6 is 0 Å². The van der Waals surface area contributed by atoms with E-state index >= 15 is 0 Å². The number of hydrogen-bond acceptors (Lipinski definition) is 7. The number of piperazine rings is 1. The van der Waals surface area contributed by atoms with Crippen molar-refractivity contribution in [2.45, 2.75) is 12.1 Å². The third-order valence-corrected chi connectivity index (χ3v) is 5.47. The summed E-state index contributed by atoms with van der Waals surface area (Å²) in [5, 5.41) is 2.84. The quantitative estimate of drug-likeness (QED) is 0.647. The van der Waals surface area contributed by atoms with E-state index < -0.39 is 18.2 Å². The molecule has 2 heterocycles. The molecule has 8 nitrogen and oxygen atoms in total. The highest BCUT2D eigenvalue weighted by Gasteiger charge is 2.36. The highest BCUT2D eigenvalue weighted by Crippen LogP contribution is 2.17. The van der Waals surface area contributed by atoms with Crippen molar-refractivity contribution < 1.29 is 23.8 Å². The number of para-hydroxylation sites is 2. The van der Waals surface area contributed by atoms with Crippen LogP contribution in [0.4, 0.5) is 10.5 Å². The summed E-state index contributed by atoms with van der Waals surface area (Å²) in [6, 6.07) is 19.2. The van der Waals surface area contributed by atoms with Crippen molar-refractivity contribution >= 4 is 17.7 Å². The van der Waals surface area contributed by atoms with Gasteiger partial charge >= 0.3 is 12.1 Å². The molecule has 0 unspecified atom stereocenters. The van der Waals surface area contributed by atoms with E-state index in [-0.39, 0.29) is 19.3 Å². The van der Waals surface area contributed by atoms with Crippen molar-refractivity contribution in [2.75, 3.05) is 50.8 Å². The summed E-state index contributed by atoms with van der Waals surface area (Å²) >= 11 is 0. The van der Waals surface area contributed by atoms with Gasteiger partial charge in [0, 0.05) is 38.4 Å². The summed E-state index contributed by atoms with van der Waals surface area (Å²) in [6.07, 6.45) is -0.991. The summed E-state index contributed by atoms with van der Waals surface area (Å²) in [7, 11) is 0. The number of amides is 1. The van der Waals surface area contributed by atoms with Crippen molar-refractivity contribution in [3.8, 4) is 5.75 Å². The minimum atomic E-state index is -0.514. The standard InChI is InChI=1S/C23H27N3O5/c27-22(17-29-19-9-5-2-6-10-19)30-16-21-20(24-23(28)31-21)15-25-11-13-26(14-12-25)18-7-3-1-4-8-18/h1-10,20-21H,11-17H2,(H,24,28)/t20-,21-/m1/s1. The second-order valence-corrected chi connectivity index (χ2v) is 7.60. The molecular formula is C23H27N3O5. The molecule has 0 aromatic heterocycles. The third kappa shape index (κ3) is 5.88. The average molecular weight is 425 g/mol. The molecule has 2 aliphatic heterocycles. The van der Waals surface area contributed by atoms with Crippen molar-refractivity contribution in [2.24, 2.45) is 0 Å². The van der Waals surface area contributed by atoms with Gasteiger partial charge in [0.05, 0.1) is 6.04 Å². The highest BCUT2D eigenvalue weighted by molar-refractivity contribution is 5.72. The molecule has 0 saturated carbocycles. The molecule has 8 heteroatoms. The Labute approximate surface area is 181 Å². The van der Waals surface area contributed by atoms with Gasteiger partial charge < -0.3 is 24.4 Å². The van der Waals surface area contributed by atoms with Gasteiger partial charge in [-0.3, -0.25) is 4.90 Å². The van der Waals surface area contributed by atoms with Crippen LogP contribution in [0.25, 0.3) is 0 Å². The molecule has 2 aliphatic rings. The Kier molecular flexibility index (Phi) is 6.89. The Balaban J connectivity index is 1.21. The average Bonchev–Trinajstić information content (AvgIpc) is 3.17. The molecule has 0 radical (unpaired) electrons. The molecule has 31 heavy (non-hydrogen) atoms. The third-order valence-electron chi connectivity index (χ3n) is 5.47. The SMILES string of the molecule is O=C(COc1ccccc1)OC[C@H]1OC(=O)N[C@@H]1CN1CCN(c2ccccc2)CC1. The van der Waals surface area contributed by atoms with Crippen LogP contribution in [0.2, 0.25) is 0 Å². The number of nitrogens with zero attached hydrogens (tertiary/aromatic N) is 2. The van der Waals surface area contributed by atoms with Crippen molar-refractivity contribution in [3.05, 3.63) is 60.7 Å². The summed E-state index contributed by atoms with van der Waals surface area (Å²) in [5.41, 5.74) is 1.22. The second-order valence-electron chi connectivity index (χ2n) is 7.60. The highest BCUT2D eigenvalue weighted by atomic mass is 16.6. The maximum Gasteiger partial charge on any atom is 0.408 e. The molecule has 2 aromatic carbocycles. The molecule has 0 spiro atoms. The normalized spacial score (nSPS) is 21.3. The molecule has 164 valence electrons. The Bertz CT molecular complexity index is 856. The van der Waals surface area contributed by atoms with Crippen LogP contribution in [0.1, 0.15) is 0 Å². The predicted molar refractivity (Wildman–Crippen MR) is 115 cm³/mol. The zero-order chi connectivity index (χ0) is 21.5. The molecule has 2 saturated heterocycles. The van der Waals surface area contributed by atoms with E-state index in [9.17, 15) is 9.59 Å². The van der Waals surface area contributed by atoms with E-state index in [0.717, 1.165) is 26.2 Å². The van der Waals surface area contributed by atoms with Crippen molar-refractivity contribution in [1.82, 2.24) is 10.2 Å². The first kappa shape index (κ1) is 21.0. The minimum Gasteiger partial charge on any atom is -0.482 e. The first-order valence-corrected chi connectivity index (χ1v) is 10.5. The van der Waals surface area contributed by atoms with Gasteiger partial charge in [0.15, 0.2) is 12.7 Å². The number of ether oxygens (including phenoxy) is 3. The van der Waals surface area contributed by atoms with Gasteiger partial charge in [0.1, 0.15) is 12.4 Å². The molecule has 2 aromatic rings. The van der Waals surface area contributed by atoms with E-state index in [1.807, 2.05) is 36.4 Å². The van der Waals surface area contributed by atoms with Gasteiger partial charge in [-0.1, -0.05) is 36.4 Å². The van der Waals surface area contributed by atoms with Crippen molar-refractivity contribution in [3.63, 3.8) is 0 Å². The molecule has 0 aliphatic carbocycles. The van der Waals surface area contributed by atoms with Gasteiger partial charge in [-0.25, -0.2) is 9.59 Å². The molecule has 0 bridgehead atoms. The number of esters is 1. The van der Waals surface area contributed by atoms with Gasteiger partial charge in [-0.2, -0.15) is 0 Å². The van der Waals surface area contributed by atoms with Crippen LogP contribution in [0.3, 0.4) is 0 Å². The number of benzene rings is 2. The minimum absolute atomic E-state index is 0.00434. The fraction of sp³-hybridized carbons (Fsp3) is 0.391. The zero-order valence-electron chi connectivity index (χ0n) is 17.3. The predicted octanol–water partition coefficient (Wildman–Crippen LogP) is 1.91. The Morgan fingerprint density at radius 2 is 1.68 bits per heavy atom. The van der Waals surface area contributed by atoms with Gasteiger partial charge in [0.25, 0.3) is 0 Å². The number of anilines is 1. The summed E-state index contributed by atoms with van der Waals surface area (Å²) < 4.78 is 16.0. The van der Waals surface area contributed by atoms with E-state index in [0.29, 0.717) is 12.3 Å². The number of carbonyl (C=O) groups excluding carboxylic acids is 2. The second kappa shape index (κ2) is 10.2. The number of rotatable bonds is 8. The van der Waals surface area contributed by atoms with Crippen LogP contribution < -0.4 is 15.0 Å². The summed E-state index contributed by atoms with van der Waals surface area (Å²) in [4.78, 5) is 28.4. The van der Waals surface area contributed by atoms with Crippen LogP contribution in [-0.4, -0.2) is 75.0 Å². The number of alkyl carbamates (subject to hydrolysis) is 1. The molecule has 2 fully saturated rings. The van der Waals surface area contributed by atoms with Gasteiger partial charge in [0.2, 0.25) is 0 Å². The van der Waals surface area contributed by atoms with Crippen LogP contribution in [0.15, 0.2) is 60.7 Å². The molecule has 1 N–H and O–H groups in total. The monoisotopic (exact) mass is 425 g/mol. The van der Waals surface area contributed by atoms with Crippen molar-refractivity contribution in [1.29, 1.82) is 0 Å². The molecular weight excluding hydrogens is 398 g/mol. The topological polar surface area (TPSA) is 80.3 Å². The number of nitrogens with one attached hydrogen (secondary N) is 1. The lowest BCUT2D eigenvalue weighted by molar-refractivity contribution is -0.148. The maximum atomic E-state index is 12.0. The molecule has 2 atom stereocenters. The van der Waals surface area contributed by atoms with Crippen LogP contribution in [0.5, 0.6) is 5.75 Å². The van der Waals surface area contributed by atoms with Gasteiger partial charge in [-0.15, -0.1) is 0 Å². The molecule has 1 amide bonds. The summed E-state index contributed by atoms with van der Waals surface area (Å²) in [6.45, 7) is 4.08. The first-order chi connectivity index (χ1) is 15.2. The van der Waals surface area contributed by atoms with E-state index in [2.05, 4.69) is 27.2 Å². The maximum absolute atomic E-state index is 12.0. The smallest absolute Gasteiger partial charge is 0.408 e. The Morgan fingerprint density at radius 3 is 2.39 bits per heavy atom.